The molecule has 3 heterocycles. The van der Waals surface area contributed by atoms with Crippen LogP contribution in [0.4, 0.5) is 0 Å². The minimum atomic E-state index is -2.82. The molecule has 4 aliphatic rings. The number of aliphatic carboxylic acids is 1. The maximum absolute atomic E-state index is 13.6. The van der Waals surface area contributed by atoms with E-state index in [-0.39, 0.29) is 19.3 Å². The molecule has 2 aliphatic carbocycles. The van der Waals surface area contributed by atoms with Crippen LogP contribution in [-0.2, 0) is 33.3 Å². The van der Waals surface area contributed by atoms with Crippen molar-refractivity contribution in [1.82, 2.24) is 0 Å². The molecular weight excluding hydrogens is 548 g/mol. The van der Waals surface area contributed by atoms with E-state index in [9.17, 15) is 45.0 Å². The zero-order valence-electron chi connectivity index (χ0n) is 22.4. The maximum Gasteiger partial charge on any atom is 0.338 e. The minimum absolute atomic E-state index is 0.0915. The van der Waals surface area contributed by atoms with Crippen molar-refractivity contribution in [2.75, 3.05) is 13.7 Å². The number of hydrogen-bond donors (Lipinski definition) is 6. The number of hydrogen-bond acceptors (Lipinski definition) is 13. The number of fused-ring (bicyclic) bond motifs is 2. The number of rotatable bonds is 6. The third-order valence-electron chi connectivity index (χ3n) is 9.32. The Hall–Kier alpha value is -2.85. The molecular formula is C27H34O14. The van der Waals surface area contributed by atoms with Crippen LogP contribution in [0.5, 0.6) is 0 Å². The predicted octanol–water partition coefficient (Wildman–Crippen LogP) is -0.970. The number of carboxylic acids is 1. The van der Waals surface area contributed by atoms with Gasteiger partial charge in [0, 0.05) is 17.9 Å². The van der Waals surface area contributed by atoms with Crippen LogP contribution < -0.4 is 0 Å². The molecule has 226 valence electrons. The summed E-state index contributed by atoms with van der Waals surface area (Å²) in [5.41, 5.74) is -3.12. The number of carbonyl (C=O) groups excluding carboxylic acids is 2. The van der Waals surface area contributed by atoms with E-state index in [2.05, 4.69) is 0 Å². The summed E-state index contributed by atoms with van der Waals surface area (Å²) in [5.74, 6) is -6.86. The summed E-state index contributed by atoms with van der Waals surface area (Å²) in [7, 11) is 1.12. The fraction of sp³-hybridized carbons (Fsp3) is 0.667. The molecule has 0 radical (unpaired) electrons. The lowest BCUT2D eigenvalue weighted by atomic mass is 9.49. The molecule has 12 atom stereocenters. The van der Waals surface area contributed by atoms with Crippen LogP contribution >= 0.6 is 0 Å². The Bertz CT molecular complexity index is 1190. The van der Waals surface area contributed by atoms with Gasteiger partial charge in [-0.1, -0.05) is 11.6 Å². The first-order chi connectivity index (χ1) is 19.4. The molecule has 0 amide bonds. The summed E-state index contributed by atoms with van der Waals surface area (Å²) in [6, 6.07) is 1.65. The highest BCUT2D eigenvalue weighted by Crippen LogP contribution is 2.63. The van der Waals surface area contributed by atoms with Crippen molar-refractivity contribution in [1.29, 1.82) is 0 Å². The summed E-state index contributed by atoms with van der Waals surface area (Å²) in [6.07, 6.45) is -6.42. The topological polar surface area (TPSA) is 223 Å². The van der Waals surface area contributed by atoms with Gasteiger partial charge in [-0.05, 0) is 31.7 Å². The van der Waals surface area contributed by atoms with Gasteiger partial charge in [0.25, 0.3) is 0 Å². The lowest BCUT2D eigenvalue weighted by Gasteiger charge is -2.55. The lowest BCUT2D eigenvalue weighted by molar-refractivity contribution is -0.331. The lowest BCUT2D eigenvalue weighted by Crippen LogP contribution is -2.69. The van der Waals surface area contributed by atoms with Gasteiger partial charge in [-0.25, -0.2) is 4.79 Å². The third-order valence-corrected chi connectivity index (χ3v) is 9.32. The Balaban J connectivity index is 1.55. The van der Waals surface area contributed by atoms with E-state index in [1.165, 1.54) is 18.6 Å². The van der Waals surface area contributed by atoms with Crippen LogP contribution in [0.2, 0.25) is 0 Å². The molecule has 7 unspecified atom stereocenters. The fourth-order valence-electron chi connectivity index (χ4n) is 7.21. The number of carboxylic acid groups (broad SMARTS) is 1. The molecule has 3 fully saturated rings. The normalized spacial score (nSPS) is 44.2. The van der Waals surface area contributed by atoms with E-state index in [1.807, 2.05) is 0 Å². The molecule has 1 spiro atoms. The van der Waals surface area contributed by atoms with Gasteiger partial charge in [-0.2, -0.15) is 0 Å². The first-order valence-electron chi connectivity index (χ1n) is 13.3. The zero-order valence-corrected chi connectivity index (χ0v) is 22.4. The van der Waals surface area contributed by atoms with E-state index in [4.69, 9.17) is 23.4 Å². The van der Waals surface area contributed by atoms with Gasteiger partial charge >= 0.3 is 17.9 Å². The van der Waals surface area contributed by atoms with Crippen molar-refractivity contribution in [3.8, 4) is 0 Å². The standard InChI is InChI=1S/C27H34O14/c1-11-7-13(22(32)37-2)18-14(26(11)8-15(40-25(26)35)12-5-6-38-10-12)3-4-17(27(18,36)24(33)34)41-23-21(31)20(30)19(29)16(9-28)39-23/h5-7,10,13-21,23,28-31,36H,3-4,8-9H2,1-2H3,(H,33,34)/t13?,14?,15?,16-,17?,18?,19-,20+,21-,23+,26?,27?/m1/s1. The molecule has 0 bridgehead atoms. The fourth-order valence-corrected chi connectivity index (χ4v) is 7.21. The van der Waals surface area contributed by atoms with Crippen LogP contribution in [0.3, 0.4) is 0 Å². The molecule has 2 saturated heterocycles. The van der Waals surface area contributed by atoms with E-state index in [0.29, 0.717) is 11.1 Å². The molecule has 1 aromatic heterocycles. The van der Waals surface area contributed by atoms with E-state index in [0.717, 1.165) is 7.11 Å². The molecule has 1 aromatic rings. The quantitative estimate of drug-likeness (QED) is 0.175. The molecule has 14 nitrogen and oxygen atoms in total. The highest BCUT2D eigenvalue weighted by atomic mass is 16.7. The van der Waals surface area contributed by atoms with Gasteiger partial charge in [0.05, 0.1) is 37.6 Å². The van der Waals surface area contributed by atoms with E-state index >= 15 is 0 Å². The maximum atomic E-state index is 13.6. The number of cyclic esters (lactones) is 1. The van der Waals surface area contributed by atoms with Gasteiger partial charge in [0.2, 0.25) is 0 Å². The summed E-state index contributed by atoms with van der Waals surface area (Å²) < 4.78 is 27.0. The molecule has 5 rings (SSSR count). The predicted molar refractivity (Wildman–Crippen MR) is 131 cm³/mol. The zero-order chi connectivity index (χ0) is 29.9. The number of ether oxygens (including phenoxy) is 4. The second kappa shape index (κ2) is 10.8. The highest BCUT2D eigenvalue weighted by molar-refractivity contribution is 5.88. The summed E-state index contributed by atoms with van der Waals surface area (Å²) >= 11 is 0. The molecule has 6 N–H and O–H groups in total. The summed E-state index contributed by atoms with van der Waals surface area (Å²) in [4.78, 5) is 39.6. The summed E-state index contributed by atoms with van der Waals surface area (Å²) in [6.45, 7) is 0.905. The SMILES string of the molecule is COC(=O)C1C=C(C)C2(CC(c3ccoc3)OC2=O)C2CCC(O[C@@H]3O[C@H](CO)[C@@H](O)[C@H](O)[C@H]3O)C(O)(C(=O)O)C12. The van der Waals surface area contributed by atoms with Crippen LogP contribution in [-0.4, -0.2) is 105 Å². The van der Waals surface area contributed by atoms with Gasteiger partial charge in [-0.3, -0.25) is 9.59 Å². The van der Waals surface area contributed by atoms with E-state index < -0.39 is 96.2 Å². The average molecular weight is 583 g/mol. The van der Waals surface area contributed by atoms with Crippen LogP contribution in [0, 0.1) is 23.2 Å². The number of aliphatic hydroxyl groups excluding tert-OH is 4. The number of methoxy groups -OCH3 is 1. The Labute approximate surface area is 234 Å². The third kappa shape index (κ3) is 4.40. The Morgan fingerprint density at radius 1 is 1.15 bits per heavy atom. The molecule has 14 heteroatoms. The first kappa shape index (κ1) is 29.6. The van der Waals surface area contributed by atoms with E-state index in [1.54, 1.807) is 13.0 Å². The van der Waals surface area contributed by atoms with Crippen molar-refractivity contribution < 1.29 is 68.4 Å². The van der Waals surface area contributed by atoms with Gasteiger partial charge in [-0.15, -0.1) is 0 Å². The highest BCUT2D eigenvalue weighted by Gasteiger charge is 2.70. The molecule has 0 aromatic carbocycles. The Morgan fingerprint density at radius 3 is 2.49 bits per heavy atom. The van der Waals surface area contributed by atoms with Crippen LogP contribution in [0.25, 0.3) is 0 Å². The number of aliphatic hydroxyl groups is 5. The Kier molecular flexibility index (Phi) is 7.78. The first-order valence-corrected chi connectivity index (χ1v) is 13.3. The second-order valence-corrected chi connectivity index (χ2v) is 11.2. The Morgan fingerprint density at radius 2 is 1.88 bits per heavy atom. The molecule has 1 saturated carbocycles. The monoisotopic (exact) mass is 582 g/mol. The number of carbonyl (C=O) groups is 3. The van der Waals surface area contributed by atoms with Crippen LogP contribution in [0.1, 0.15) is 37.9 Å². The van der Waals surface area contributed by atoms with Crippen molar-refractivity contribution in [2.45, 2.75) is 74.7 Å². The molecule has 2 aliphatic heterocycles. The summed E-state index contributed by atoms with van der Waals surface area (Å²) in [5, 5.41) is 62.8. The van der Waals surface area contributed by atoms with Crippen molar-refractivity contribution in [2.24, 2.45) is 23.2 Å². The van der Waals surface area contributed by atoms with Crippen molar-refractivity contribution >= 4 is 17.9 Å². The second-order valence-electron chi connectivity index (χ2n) is 11.2. The molecule has 41 heavy (non-hydrogen) atoms. The van der Waals surface area contributed by atoms with Crippen LogP contribution in [0.15, 0.2) is 34.7 Å². The van der Waals surface area contributed by atoms with Gasteiger partial charge in [0.1, 0.15) is 36.6 Å². The smallest absolute Gasteiger partial charge is 0.338 e. The van der Waals surface area contributed by atoms with Gasteiger partial charge < -0.3 is 54.0 Å². The average Bonchev–Trinajstić information content (AvgIpc) is 3.60. The van der Waals surface area contributed by atoms with Crippen molar-refractivity contribution in [3.05, 3.63) is 35.8 Å². The largest absolute Gasteiger partial charge is 0.479 e. The van der Waals surface area contributed by atoms with Gasteiger partial charge in [0.15, 0.2) is 11.9 Å². The number of furan rings is 1. The van der Waals surface area contributed by atoms with Crippen molar-refractivity contribution in [3.63, 3.8) is 0 Å². The number of esters is 2. The minimum Gasteiger partial charge on any atom is -0.479 e.